The summed E-state index contributed by atoms with van der Waals surface area (Å²) in [5, 5.41) is 5.63. The predicted molar refractivity (Wildman–Crippen MR) is 106 cm³/mol. The fraction of sp³-hybridized carbons (Fsp3) is 0.450. The van der Waals surface area contributed by atoms with E-state index in [1.807, 2.05) is 19.3 Å². The van der Waals surface area contributed by atoms with Gasteiger partial charge in [0.1, 0.15) is 5.82 Å². The molecule has 1 aromatic carbocycles. The van der Waals surface area contributed by atoms with Gasteiger partial charge in [-0.05, 0) is 63.0 Å². The van der Waals surface area contributed by atoms with Crippen LogP contribution < -0.4 is 10.6 Å². The van der Waals surface area contributed by atoms with Crippen molar-refractivity contribution in [3.63, 3.8) is 0 Å². The van der Waals surface area contributed by atoms with E-state index in [9.17, 15) is 9.59 Å². The van der Waals surface area contributed by atoms with Crippen molar-refractivity contribution in [3.05, 3.63) is 42.5 Å². The standard InChI is InChI=1S/C20H27N5O2/c1-15-21-9-12-25(15)13-17-7-10-24(11-8-17)14-20(27)23-19-5-3-18(4-6-19)22-16(2)26/h3-6,9,12,17H,7-8,10-11,13-14H2,1-2H3,(H,22,26)(H,23,27). The molecule has 0 bridgehead atoms. The van der Waals surface area contributed by atoms with Crippen LogP contribution in [0.15, 0.2) is 36.7 Å². The minimum absolute atomic E-state index is 0.00817. The molecule has 2 aromatic rings. The monoisotopic (exact) mass is 369 g/mol. The van der Waals surface area contributed by atoms with Crippen molar-refractivity contribution < 1.29 is 9.59 Å². The minimum Gasteiger partial charge on any atom is -0.335 e. The average Bonchev–Trinajstić information content (AvgIpc) is 3.03. The van der Waals surface area contributed by atoms with Crippen LogP contribution in [0.2, 0.25) is 0 Å². The van der Waals surface area contributed by atoms with E-state index in [0.717, 1.165) is 49.7 Å². The Kier molecular flexibility index (Phi) is 6.24. The van der Waals surface area contributed by atoms with Crippen molar-refractivity contribution >= 4 is 23.2 Å². The Morgan fingerprint density at radius 1 is 1.11 bits per heavy atom. The molecule has 0 aliphatic carbocycles. The van der Waals surface area contributed by atoms with Gasteiger partial charge in [0.25, 0.3) is 0 Å². The second kappa shape index (κ2) is 8.81. The zero-order valence-corrected chi connectivity index (χ0v) is 15.9. The van der Waals surface area contributed by atoms with Crippen molar-refractivity contribution in [1.29, 1.82) is 0 Å². The van der Waals surface area contributed by atoms with Gasteiger partial charge in [0.05, 0.1) is 6.54 Å². The van der Waals surface area contributed by atoms with Gasteiger partial charge in [-0.3, -0.25) is 14.5 Å². The molecule has 0 spiro atoms. The minimum atomic E-state index is -0.113. The summed E-state index contributed by atoms with van der Waals surface area (Å²) in [5.74, 6) is 1.57. The second-order valence-electron chi connectivity index (χ2n) is 7.15. The quantitative estimate of drug-likeness (QED) is 0.820. The summed E-state index contributed by atoms with van der Waals surface area (Å²) in [7, 11) is 0. The van der Waals surface area contributed by atoms with Gasteiger partial charge in [-0.1, -0.05) is 0 Å². The molecule has 2 heterocycles. The number of aryl methyl sites for hydroxylation is 1. The molecule has 144 valence electrons. The third kappa shape index (κ3) is 5.65. The highest BCUT2D eigenvalue weighted by Gasteiger charge is 2.21. The number of carbonyl (C=O) groups excluding carboxylic acids is 2. The summed E-state index contributed by atoms with van der Waals surface area (Å²) in [6.07, 6.45) is 6.07. The topological polar surface area (TPSA) is 79.3 Å². The smallest absolute Gasteiger partial charge is 0.238 e. The first-order chi connectivity index (χ1) is 13.0. The first-order valence-corrected chi connectivity index (χ1v) is 9.37. The number of nitrogens with one attached hydrogen (secondary N) is 2. The zero-order valence-electron chi connectivity index (χ0n) is 15.9. The van der Waals surface area contributed by atoms with Crippen LogP contribution in [0.5, 0.6) is 0 Å². The lowest BCUT2D eigenvalue weighted by Crippen LogP contribution is -2.40. The number of rotatable bonds is 6. The van der Waals surface area contributed by atoms with Gasteiger partial charge < -0.3 is 15.2 Å². The van der Waals surface area contributed by atoms with Gasteiger partial charge >= 0.3 is 0 Å². The number of hydrogen-bond donors (Lipinski definition) is 2. The van der Waals surface area contributed by atoms with Crippen LogP contribution in [-0.4, -0.2) is 45.9 Å². The number of aromatic nitrogens is 2. The lowest BCUT2D eigenvalue weighted by atomic mass is 9.96. The van der Waals surface area contributed by atoms with Crippen LogP contribution in [-0.2, 0) is 16.1 Å². The Bertz CT molecular complexity index is 776. The van der Waals surface area contributed by atoms with Gasteiger partial charge in [-0.25, -0.2) is 4.98 Å². The van der Waals surface area contributed by atoms with E-state index in [1.165, 1.54) is 6.92 Å². The first kappa shape index (κ1) is 19.1. The van der Waals surface area contributed by atoms with Gasteiger partial charge in [-0.2, -0.15) is 0 Å². The van der Waals surface area contributed by atoms with Crippen LogP contribution in [0.3, 0.4) is 0 Å². The Balaban J connectivity index is 1.41. The van der Waals surface area contributed by atoms with E-state index in [-0.39, 0.29) is 11.8 Å². The fourth-order valence-electron chi connectivity index (χ4n) is 3.45. The fourth-order valence-corrected chi connectivity index (χ4v) is 3.45. The van der Waals surface area contributed by atoms with E-state index in [0.29, 0.717) is 12.5 Å². The maximum atomic E-state index is 12.3. The molecule has 0 unspecified atom stereocenters. The maximum Gasteiger partial charge on any atom is 0.238 e. The Morgan fingerprint density at radius 2 is 1.74 bits per heavy atom. The number of hydrogen-bond acceptors (Lipinski definition) is 4. The highest BCUT2D eigenvalue weighted by atomic mass is 16.2. The van der Waals surface area contributed by atoms with Gasteiger partial charge in [0, 0.05) is 37.2 Å². The van der Waals surface area contributed by atoms with E-state index in [2.05, 4.69) is 25.1 Å². The van der Waals surface area contributed by atoms with Crippen molar-refractivity contribution in [2.45, 2.75) is 33.2 Å². The molecule has 1 fully saturated rings. The normalized spacial score (nSPS) is 15.5. The number of anilines is 2. The molecular weight excluding hydrogens is 342 g/mol. The Labute approximate surface area is 159 Å². The lowest BCUT2D eigenvalue weighted by molar-refractivity contribution is -0.117. The predicted octanol–water partition coefficient (Wildman–Crippen LogP) is 2.50. The second-order valence-corrected chi connectivity index (χ2v) is 7.15. The van der Waals surface area contributed by atoms with E-state index in [4.69, 9.17) is 0 Å². The summed E-state index contributed by atoms with van der Waals surface area (Å²) in [4.78, 5) is 29.8. The van der Waals surface area contributed by atoms with Gasteiger partial charge in [0.2, 0.25) is 11.8 Å². The van der Waals surface area contributed by atoms with Crippen LogP contribution in [0.4, 0.5) is 11.4 Å². The van der Waals surface area contributed by atoms with Crippen LogP contribution >= 0.6 is 0 Å². The molecule has 0 saturated carbocycles. The molecule has 0 radical (unpaired) electrons. The summed E-state index contributed by atoms with van der Waals surface area (Å²) in [5.41, 5.74) is 1.45. The van der Waals surface area contributed by atoms with Crippen LogP contribution in [0, 0.1) is 12.8 Å². The van der Waals surface area contributed by atoms with Crippen LogP contribution in [0.25, 0.3) is 0 Å². The molecule has 27 heavy (non-hydrogen) atoms. The molecule has 2 N–H and O–H groups in total. The van der Waals surface area contributed by atoms with E-state index >= 15 is 0 Å². The number of likely N-dealkylation sites (tertiary alicyclic amines) is 1. The molecule has 1 aromatic heterocycles. The third-order valence-electron chi connectivity index (χ3n) is 4.94. The van der Waals surface area contributed by atoms with E-state index in [1.54, 1.807) is 24.3 Å². The zero-order chi connectivity index (χ0) is 19.2. The summed E-state index contributed by atoms with van der Waals surface area (Å²) in [6.45, 7) is 6.79. The number of amides is 2. The number of nitrogens with zero attached hydrogens (tertiary/aromatic N) is 3. The molecule has 7 nitrogen and oxygen atoms in total. The molecule has 1 aliphatic heterocycles. The van der Waals surface area contributed by atoms with Crippen molar-refractivity contribution in [2.24, 2.45) is 5.92 Å². The molecule has 0 atom stereocenters. The number of benzene rings is 1. The highest BCUT2D eigenvalue weighted by Crippen LogP contribution is 2.20. The average molecular weight is 369 g/mol. The summed E-state index contributed by atoms with van der Waals surface area (Å²) >= 11 is 0. The van der Waals surface area contributed by atoms with Gasteiger partial charge in [-0.15, -0.1) is 0 Å². The van der Waals surface area contributed by atoms with Crippen LogP contribution in [0.1, 0.15) is 25.6 Å². The molecule has 1 aliphatic rings. The Hall–Kier alpha value is -2.67. The highest BCUT2D eigenvalue weighted by molar-refractivity contribution is 5.93. The molecule has 2 amide bonds. The molecule has 7 heteroatoms. The third-order valence-corrected chi connectivity index (χ3v) is 4.94. The molecule has 1 saturated heterocycles. The van der Waals surface area contributed by atoms with Crippen molar-refractivity contribution in [1.82, 2.24) is 14.5 Å². The number of carbonyl (C=O) groups is 2. The van der Waals surface area contributed by atoms with Crippen molar-refractivity contribution in [3.8, 4) is 0 Å². The Morgan fingerprint density at radius 3 is 2.30 bits per heavy atom. The first-order valence-electron chi connectivity index (χ1n) is 9.37. The SMILES string of the molecule is CC(=O)Nc1ccc(NC(=O)CN2CCC(Cn3ccnc3C)CC2)cc1. The molecular formula is C20H27N5O2. The summed E-state index contributed by atoms with van der Waals surface area (Å²) in [6, 6.07) is 7.15. The maximum absolute atomic E-state index is 12.3. The number of piperidine rings is 1. The number of imidazole rings is 1. The van der Waals surface area contributed by atoms with E-state index < -0.39 is 0 Å². The molecule has 3 rings (SSSR count). The largest absolute Gasteiger partial charge is 0.335 e. The van der Waals surface area contributed by atoms with Crippen molar-refractivity contribution in [2.75, 3.05) is 30.3 Å². The van der Waals surface area contributed by atoms with Gasteiger partial charge in [0.15, 0.2) is 0 Å². The lowest BCUT2D eigenvalue weighted by Gasteiger charge is -2.31. The summed E-state index contributed by atoms with van der Waals surface area (Å²) < 4.78 is 2.21.